The summed E-state index contributed by atoms with van der Waals surface area (Å²) in [5.74, 6) is -0.763. The van der Waals surface area contributed by atoms with Gasteiger partial charge >= 0.3 is 12.1 Å². The maximum Gasteiger partial charge on any atom is 0.412 e. The lowest BCUT2D eigenvalue weighted by atomic mass is 10.1. The van der Waals surface area contributed by atoms with Crippen molar-refractivity contribution in [2.75, 3.05) is 6.61 Å². The minimum atomic E-state index is -0.763. The van der Waals surface area contributed by atoms with Crippen LogP contribution in [-0.2, 0) is 14.3 Å². The zero-order valence-electron chi connectivity index (χ0n) is 14.3. The number of hydrogen-bond acceptors (Lipinski definition) is 4. The highest BCUT2D eigenvalue weighted by molar-refractivity contribution is 5.69. The van der Waals surface area contributed by atoms with E-state index in [1.54, 1.807) is 4.90 Å². The van der Waals surface area contributed by atoms with Crippen LogP contribution in [0.5, 0.6) is 0 Å². The van der Waals surface area contributed by atoms with Gasteiger partial charge in [0.2, 0.25) is 0 Å². The second-order valence-corrected chi connectivity index (χ2v) is 7.25. The zero-order valence-corrected chi connectivity index (χ0v) is 14.3. The van der Waals surface area contributed by atoms with E-state index >= 15 is 0 Å². The van der Waals surface area contributed by atoms with Gasteiger partial charge in [0, 0.05) is 6.42 Å². The zero-order chi connectivity index (χ0) is 17.0. The van der Waals surface area contributed by atoms with Crippen LogP contribution in [-0.4, -0.2) is 46.0 Å². The van der Waals surface area contributed by atoms with Crippen molar-refractivity contribution in [2.45, 2.75) is 84.1 Å². The molecule has 1 aliphatic heterocycles. The molecule has 0 bridgehead atoms. The number of amides is 1. The summed E-state index contributed by atoms with van der Waals surface area (Å²) in [6.45, 7) is 9.75. The Hall–Kier alpha value is -1.30. The monoisotopic (exact) mass is 315 g/mol. The molecule has 128 valence electrons. The first-order valence-corrected chi connectivity index (χ1v) is 7.91. The van der Waals surface area contributed by atoms with Crippen molar-refractivity contribution in [1.82, 2.24) is 4.90 Å². The Bertz CT molecular complexity index is 400. The summed E-state index contributed by atoms with van der Waals surface area (Å²) >= 11 is 0. The molecule has 0 radical (unpaired) electrons. The maximum absolute atomic E-state index is 12.4. The summed E-state index contributed by atoms with van der Waals surface area (Å²) in [5, 5.41) is 8.63. The molecule has 0 aliphatic carbocycles. The van der Waals surface area contributed by atoms with E-state index in [0.717, 1.165) is 19.3 Å². The molecule has 1 saturated heterocycles. The molecule has 6 nitrogen and oxygen atoms in total. The van der Waals surface area contributed by atoms with Crippen molar-refractivity contribution in [3.63, 3.8) is 0 Å². The van der Waals surface area contributed by atoms with Crippen LogP contribution in [0.25, 0.3) is 0 Å². The molecule has 0 aromatic heterocycles. The molecule has 1 fully saturated rings. The summed E-state index contributed by atoms with van der Waals surface area (Å²) in [5.41, 5.74) is -1.21. The van der Waals surface area contributed by atoms with Crippen LogP contribution in [0.4, 0.5) is 4.79 Å². The van der Waals surface area contributed by atoms with E-state index in [9.17, 15) is 9.59 Å². The molecule has 1 atom stereocenters. The Kier molecular flexibility index (Phi) is 6.23. The molecule has 22 heavy (non-hydrogen) atoms. The normalized spacial score (nSPS) is 21.0. The van der Waals surface area contributed by atoms with Gasteiger partial charge in [-0.15, -0.1) is 0 Å². The maximum atomic E-state index is 12.4. The molecule has 1 heterocycles. The van der Waals surface area contributed by atoms with E-state index in [1.807, 2.05) is 34.6 Å². The van der Waals surface area contributed by atoms with Crippen LogP contribution in [0.3, 0.4) is 0 Å². The van der Waals surface area contributed by atoms with Gasteiger partial charge in [-0.05, 0) is 47.5 Å². The molecule has 0 saturated carbocycles. The number of rotatable bonds is 6. The fourth-order valence-corrected chi connectivity index (χ4v) is 2.61. The second kappa shape index (κ2) is 7.31. The highest BCUT2D eigenvalue weighted by Crippen LogP contribution is 2.31. The van der Waals surface area contributed by atoms with E-state index < -0.39 is 17.3 Å². The van der Waals surface area contributed by atoms with E-state index in [4.69, 9.17) is 14.6 Å². The third kappa shape index (κ3) is 5.83. The van der Waals surface area contributed by atoms with Crippen molar-refractivity contribution in [1.29, 1.82) is 0 Å². The van der Waals surface area contributed by atoms with Gasteiger partial charge in [0.25, 0.3) is 0 Å². The Labute approximate surface area is 132 Å². The molecule has 0 aromatic carbocycles. The average molecular weight is 315 g/mol. The lowest BCUT2D eigenvalue weighted by Gasteiger charge is -2.35. The first kappa shape index (κ1) is 18.7. The van der Waals surface area contributed by atoms with Crippen LogP contribution in [0.1, 0.15) is 66.7 Å². The largest absolute Gasteiger partial charge is 0.481 e. The summed E-state index contributed by atoms with van der Waals surface area (Å²) in [6, 6.07) is -0.0188. The lowest BCUT2D eigenvalue weighted by Crippen LogP contribution is -2.49. The first-order chi connectivity index (χ1) is 10.0. The number of carboxylic acids is 1. The van der Waals surface area contributed by atoms with Crippen molar-refractivity contribution >= 4 is 12.1 Å². The van der Waals surface area contributed by atoms with Gasteiger partial charge in [-0.3, -0.25) is 9.69 Å². The van der Waals surface area contributed by atoms with Gasteiger partial charge in [0.15, 0.2) is 0 Å². The van der Waals surface area contributed by atoms with Crippen LogP contribution < -0.4 is 0 Å². The van der Waals surface area contributed by atoms with Gasteiger partial charge in [-0.2, -0.15) is 0 Å². The molecular formula is C16H29NO5. The Morgan fingerprint density at radius 3 is 2.45 bits per heavy atom. The fourth-order valence-electron chi connectivity index (χ4n) is 2.61. The van der Waals surface area contributed by atoms with Gasteiger partial charge in [0.1, 0.15) is 11.3 Å². The molecule has 1 rings (SSSR count). The van der Waals surface area contributed by atoms with Crippen molar-refractivity contribution < 1.29 is 24.2 Å². The molecule has 1 N–H and O–H groups in total. The van der Waals surface area contributed by atoms with Crippen molar-refractivity contribution in [3.05, 3.63) is 0 Å². The smallest absolute Gasteiger partial charge is 0.412 e. The Balaban J connectivity index is 2.54. The number of carbonyl (C=O) groups is 2. The van der Waals surface area contributed by atoms with Crippen LogP contribution in [0.15, 0.2) is 0 Å². The SMILES string of the molecule is CC(C)(C)OC(=O)N1[C@H](CCCCCC(=O)O)COC1(C)C. The van der Waals surface area contributed by atoms with E-state index in [1.165, 1.54) is 0 Å². The third-order valence-corrected chi connectivity index (χ3v) is 3.59. The number of carboxylic acid groups (broad SMARTS) is 1. The quantitative estimate of drug-likeness (QED) is 0.760. The summed E-state index contributed by atoms with van der Waals surface area (Å²) in [6.07, 6.45) is 3.01. The van der Waals surface area contributed by atoms with Gasteiger partial charge in [-0.1, -0.05) is 12.8 Å². The minimum absolute atomic E-state index is 0.0188. The summed E-state index contributed by atoms with van der Waals surface area (Å²) in [4.78, 5) is 24.6. The first-order valence-electron chi connectivity index (χ1n) is 7.91. The third-order valence-electron chi connectivity index (χ3n) is 3.59. The lowest BCUT2D eigenvalue weighted by molar-refractivity contribution is -0.137. The fraction of sp³-hybridized carbons (Fsp3) is 0.875. The Morgan fingerprint density at radius 1 is 1.27 bits per heavy atom. The average Bonchev–Trinajstić information content (AvgIpc) is 2.61. The second-order valence-electron chi connectivity index (χ2n) is 7.25. The molecule has 0 spiro atoms. The predicted octanol–water partition coefficient (Wildman–Crippen LogP) is 3.39. The molecule has 0 unspecified atom stereocenters. The number of unbranched alkanes of at least 4 members (excludes halogenated alkanes) is 2. The molecule has 1 amide bonds. The molecular weight excluding hydrogens is 286 g/mol. The predicted molar refractivity (Wildman–Crippen MR) is 82.6 cm³/mol. The van der Waals surface area contributed by atoms with Crippen LogP contribution >= 0.6 is 0 Å². The topological polar surface area (TPSA) is 76.1 Å². The molecule has 0 aromatic rings. The number of nitrogens with zero attached hydrogens (tertiary/aromatic N) is 1. The van der Waals surface area contributed by atoms with Crippen LogP contribution in [0, 0.1) is 0 Å². The molecule has 6 heteroatoms. The number of hydrogen-bond donors (Lipinski definition) is 1. The standard InChI is InChI=1S/C16H29NO5/c1-15(2,3)22-14(20)17-12(11-21-16(17,4)5)9-7-6-8-10-13(18)19/h12H,6-11H2,1-5H3,(H,18,19)/t12-/m1/s1. The van der Waals surface area contributed by atoms with E-state index in [-0.39, 0.29) is 18.6 Å². The van der Waals surface area contributed by atoms with E-state index in [0.29, 0.717) is 13.0 Å². The Morgan fingerprint density at radius 2 is 1.91 bits per heavy atom. The van der Waals surface area contributed by atoms with Crippen molar-refractivity contribution in [3.8, 4) is 0 Å². The minimum Gasteiger partial charge on any atom is -0.481 e. The van der Waals surface area contributed by atoms with Crippen molar-refractivity contribution in [2.24, 2.45) is 0 Å². The number of aliphatic carboxylic acids is 1. The highest BCUT2D eigenvalue weighted by atomic mass is 16.6. The molecule has 1 aliphatic rings. The highest BCUT2D eigenvalue weighted by Gasteiger charge is 2.45. The number of carbonyl (C=O) groups excluding carboxylic acids is 1. The summed E-state index contributed by atoms with van der Waals surface area (Å²) in [7, 11) is 0. The van der Waals surface area contributed by atoms with Gasteiger partial charge < -0.3 is 14.6 Å². The van der Waals surface area contributed by atoms with Gasteiger partial charge in [0.05, 0.1) is 12.6 Å². The number of ether oxygens (including phenoxy) is 2. The van der Waals surface area contributed by atoms with E-state index in [2.05, 4.69) is 0 Å². The summed E-state index contributed by atoms with van der Waals surface area (Å²) < 4.78 is 11.2. The van der Waals surface area contributed by atoms with Gasteiger partial charge in [-0.25, -0.2) is 4.79 Å². The van der Waals surface area contributed by atoms with Crippen LogP contribution in [0.2, 0.25) is 0 Å².